The van der Waals surface area contributed by atoms with E-state index in [1.807, 2.05) is 28.6 Å². The fourth-order valence-electron chi connectivity index (χ4n) is 4.72. The van der Waals surface area contributed by atoms with E-state index in [1.54, 1.807) is 25.1 Å². The lowest BCUT2D eigenvalue weighted by Crippen LogP contribution is -2.48. The van der Waals surface area contributed by atoms with Gasteiger partial charge in [0, 0.05) is 58.2 Å². The molecule has 1 atom stereocenters. The number of carbonyl (C=O) groups is 1. The van der Waals surface area contributed by atoms with E-state index >= 15 is 0 Å². The van der Waals surface area contributed by atoms with Gasteiger partial charge < -0.3 is 23.3 Å². The minimum Gasteiger partial charge on any atom is -0.598 e. The van der Waals surface area contributed by atoms with Crippen molar-refractivity contribution in [3.05, 3.63) is 89.7 Å². The maximum Gasteiger partial charge on any atom is 0.372 e. The third kappa shape index (κ3) is 5.96. The van der Waals surface area contributed by atoms with Crippen LogP contribution in [0.1, 0.15) is 21.7 Å². The molecule has 0 amide bonds. The normalized spacial score (nSPS) is 15.1. The molecular formula is C29H31N3O4S2. The number of benzene rings is 3. The number of piperazine rings is 1. The fourth-order valence-corrected chi connectivity index (χ4v) is 6.37. The number of carboxylic acids is 1. The summed E-state index contributed by atoms with van der Waals surface area (Å²) in [4.78, 5) is 14.9. The predicted octanol–water partition coefficient (Wildman–Crippen LogP) is 5.61. The highest BCUT2D eigenvalue weighted by Crippen LogP contribution is 2.34. The molecule has 0 bridgehead atoms. The second-order valence-electron chi connectivity index (χ2n) is 9.30. The summed E-state index contributed by atoms with van der Waals surface area (Å²) in [5.74, 6) is -1.06. The van der Waals surface area contributed by atoms with Crippen LogP contribution in [0.15, 0.2) is 82.1 Å². The van der Waals surface area contributed by atoms with E-state index in [-0.39, 0.29) is 5.76 Å². The molecular weight excluding hydrogens is 518 g/mol. The van der Waals surface area contributed by atoms with Gasteiger partial charge in [-0.25, -0.2) is 4.79 Å². The first kappa shape index (κ1) is 26.5. The van der Waals surface area contributed by atoms with E-state index in [2.05, 4.69) is 57.7 Å². The van der Waals surface area contributed by atoms with Crippen molar-refractivity contribution in [3.8, 4) is 0 Å². The number of hydrogen-bond acceptors (Lipinski definition) is 7. The third-order valence-electron chi connectivity index (χ3n) is 6.87. The highest BCUT2D eigenvalue weighted by molar-refractivity contribution is 8.00. The Labute approximate surface area is 230 Å². The Balaban J connectivity index is 1.36. The quantitative estimate of drug-likeness (QED) is 0.213. The number of rotatable bonds is 9. The molecule has 0 aliphatic carbocycles. The van der Waals surface area contributed by atoms with Crippen molar-refractivity contribution >= 4 is 51.6 Å². The van der Waals surface area contributed by atoms with E-state index < -0.39 is 17.3 Å². The molecule has 1 aliphatic rings. The molecule has 1 saturated heterocycles. The minimum atomic E-state index is -1.05. The highest BCUT2D eigenvalue weighted by Gasteiger charge is 2.23. The van der Waals surface area contributed by atoms with Crippen LogP contribution in [0.3, 0.4) is 0 Å². The fraction of sp³-hybridized carbons (Fsp3) is 0.276. The van der Waals surface area contributed by atoms with E-state index in [4.69, 9.17) is 4.42 Å². The monoisotopic (exact) mass is 549 g/mol. The van der Waals surface area contributed by atoms with E-state index in [9.17, 15) is 14.5 Å². The summed E-state index contributed by atoms with van der Waals surface area (Å²) >= 11 is 0.717. The van der Waals surface area contributed by atoms with Crippen molar-refractivity contribution < 1.29 is 18.9 Å². The number of nitrogens with zero attached hydrogens (tertiary/aromatic N) is 3. The lowest BCUT2D eigenvalue weighted by molar-refractivity contribution is 0.0664. The summed E-state index contributed by atoms with van der Waals surface area (Å²) in [6.07, 6.45) is 2.63. The highest BCUT2D eigenvalue weighted by atomic mass is 32.2. The van der Waals surface area contributed by atoms with Crippen molar-refractivity contribution in [2.75, 3.05) is 48.2 Å². The van der Waals surface area contributed by atoms with Gasteiger partial charge >= 0.3 is 5.97 Å². The van der Waals surface area contributed by atoms with E-state index in [0.717, 1.165) is 55.1 Å². The molecule has 4 aromatic rings. The molecule has 7 nitrogen and oxygen atoms in total. The van der Waals surface area contributed by atoms with Crippen LogP contribution in [0.5, 0.6) is 0 Å². The first-order valence-corrected chi connectivity index (χ1v) is 14.9. The van der Waals surface area contributed by atoms with E-state index in [0.29, 0.717) is 11.1 Å². The molecule has 5 rings (SSSR count). The molecule has 1 fully saturated rings. The molecule has 1 aromatic heterocycles. The Hall–Kier alpha value is -3.11. The topological polar surface area (TPSA) is 83.2 Å². The summed E-state index contributed by atoms with van der Waals surface area (Å²) in [5, 5.41) is 10.3. The Morgan fingerprint density at radius 2 is 1.76 bits per heavy atom. The molecule has 198 valence electrons. The number of hydrogen-bond donors (Lipinski definition) is 1. The summed E-state index contributed by atoms with van der Waals surface area (Å²) < 4.78 is 21.6. The molecule has 1 N–H and O–H groups in total. The number of aromatic carboxylic acids is 1. The average Bonchev–Trinajstić information content (AvgIpc) is 3.28. The van der Waals surface area contributed by atoms with Gasteiger partial charge in [0.1, 0.15) is 11.8 Å². The number of aryl methyl sites for hydroxylation is 1. The lowest BCUT2D eigenvalue weighted by atomic mass is 10.1. The van der Waals surface area contributed by atoms with Crippen molar-refractivity contribution in [2.24, 2.45) is 0 Å². The number of fused-ring (bicyclic) bond motifs is 1. The van der Waals surface area contributed by atoms with Crippen molar-refractivity contribution in [1.82, 2.24) is 4.31 Å². The summed E-state index contributed by atoms with van der Waals surface area (Å²) in [7, 11) is 0. The predicted molar refractivity (Wildman–Crippen MR) is 156 cm³/mol. The zero-order valence-electron chi connectivity index (χ0n) is 21.5. The van der Waals surface area contributed by atoms with Crippen LogP contribution in [0, 0.1) is 6.92 Å². The maximum atomic E-state index is 11.8. The number of anilines is 2. The SMILES string of the molecule is Cc1c(C(=O)O)oc2ccc(SN(CCc3ccccc3)c3ccc(N4CCN([S+](C)[O-])CC4)cc3)cc12. The smallest absolute Gasteiger partial charge is 0.372 e. The number of carboxylic acid groups (broad SMARTS) is 1. The molecule has 0 radical (unpaired) electrons. The largest absolute Gasteiger partial charge is 0.598 e. The Morgan fingerprint density at radius 1 is 1.05 bits per heavy atom. The van der Waals surface area contributed by atoms with Gasteiger partial charge in [0.15, 0.2) is 0 Å². The molecule has 9 heteroatoms. The van der Waals surface area contributed by atoms with Crippen LogP contribution >= 0.6 is 11.9 Å². The van der Waals surface area contributed by atoms with Crippen LogP contribution in [0.2, 0.25) is 0 Å². The van der Waals surface area contributed by atoms with Gasteiger partial charge in [-0.05, 0) is 73.3 Å². The van der Waals surface area contributed by atoms with Crippen LogP contribution in [-0.2, 0) is 17.8 Å². The van der Waals surface area contributed by atoms with E-state index in [1.165, 1.54) is 11.3 Å². The zero-order chi connectivity index (χ0) is 26.6. The van der Waals surface area contributed by atoms with Crippen LogP contribution in [0.25, 0.3) is 11.0 Å². The Morgan fingerprint density at radius 3 is 2.42 bits per heavy atom. The van der Waals surface area contributed by atoms with Gasteiger partial charge in [-0.3, -0.25) is 0 Å². The second kappa shape index (κ2) is 11.7. The molecule has 0 saturated carbocycles. The minimum absolute atomic E-state index is 0.00955. The van der Waals surface area contributed by atoms with Crippen molar-refractivity contribution in [1.29, 1.82) is 0 Å². The standard InChI is InChI=1S/C29H31N3O4S2/c1-21-26-20-25(12-13-27(26)36-28(21)29(33)34)37-32(15-14-22-6-4-3-5-7-22)24-10-8-23(9-11-24)30-16-18-31(19-17-30)38(2)35/h3-13,20H,14-19H2,1-2H3,(H,33,34). The summed E-state index contributed by atoms with van der Waals surface area (Å²) in [6.45, 7) is 5.89. The average molecular weight is 550 g/mol. The van der Waals surface area contributed by atoms with Crippen LogP contribution < -0.4 is 9.21 Å². The first-order chi connectivity index (χ1) is 18.4. The van der Waals surface area contributed by atoms with Gasteiger partial charge in [0.25, 0.3) is 0 Å². The molecule has 1 unspecified atom stereocenters. The molecule has 2 heterocycles. The van der Waals surface area contributed by atoms with Crippen molar-refractivity contribution in [2.45, 2.75) is 18.2 Å². The molecule has 3 aromatic carbocycles. The van der Waals surface area contributed by atoms with Gasteiger partial charge in [-0.2, -0.15) is 0 Å². The van der Waals surface area contributed by atoms with Crippen LogP contribution in [0.4, 0.5) is 11.4 Å². The van der Waals surface area contributed by atoms with Gasteiger partial charge in [0.2, 0.25) is 5.76 Å². The maximum absolute atomic E-state index is 11.8. The second-order valence-corrected chi connectivity index (χ2v) is 11.8. The molecule has 38 heavy (non-hydrogen) atoms. The Kier molecular flexibility index (Phi) is 8.18. The lowest BCUT2D eigenvalue weighted by Gasteiger charge is -2.35. The first-order valence-electron chi connectivity index (χ1n) is 12.6. The number of furan rings is 1. The van der Waals surface area contributed by atoms with Crippen LogP contribution in [-0.4, -0.2) is 58.9 Å². The molecule has 0 spiro atoms. The summed E-state index contributed by atoms with van der Waals surface area (Å²) in [6, 6.07) is 24.9. The summed E-state index contributed by atoms with van der Waals surface area (Å²) in [5.41, 5.74) is 4.75. The van der Waals surface area contributed by atoms with Gasteiger partial charge in [0.05, 0.1) is 13.1 Å². The third-order valence-corrected chi connectivity index (χ3v) is 9.04. The van der Waals surface area contributed by atoms with Gasteiger partial charge in [-0.15, -0.1) is 4.31 Å². The van der Waals surface area contributed by atoms with Crippen molar-refractivity contribution in [3.63, 3.8) is 0 Å². The zero-order valence-corrected chi connectivity index (χ0v) is 23.1. The van der Waals surface area contributed by atoms with Gasteiger partial charge in [-0.1, -0.05) is 30.3 Å². The molecule has 1 aliphatic heterocycles. The Bertz CT molecular complexity index is 1380.